The fourth-order valence-electron chi connectivity index (χ4n) is 4.58. The molecular weight excluding hydrogens is 779 g/mol. The number of Topliss-reactive ketones (excluding diaryl/α,β-unsaturated/α-hetero) is 2. The molecule has 4 aromatic rings. The number of thiocarbonyl (C=S) groups is 2. The third kappa shape index (κ3) is 20.8. The van der Waals surface area contributed by atoms with Gasteiger partial charge in [0.15, 0.2) is 5.78 Å². The summed E-state index contributed by atoms with van der Waals surface area (Å²) in [4.78, 5) is 27.3. The molecule has 0 atom stereocenters. The molecule has 0 aliphatic carbocycles. The van der Waals surface area contributed by atoms with E-state index in [0.29, 0.717) is 29.8 Å². The molecule has 7 N–H and O–H groups in total. The molecule has 0 saturated heterocycles. The van der Waals surface area contributed by atoms with Gasteiger partial charge in [0.1, 0.15) is 5.82 Å². The van der Waals surface area contributed by atoms with Crippen molar-refractivity contribution in [2.75, 3.05) is 19.3 Å². The number of rotatable bonds is 8. The van der Waals surface area contributed by atoms with Gasteiger partial charge in [0.2, 0.25) is 5.78 Å². The number of hydrazine groups is 1. The smallest absolute Gasteiger partial charge is 0.272 e. The minimum Gasteiger partial charge on any atom is -0.393 e. The first-order valence-corrected chi connectivity index (χ1v) is 20.2. The van der Waals surface area contributed by atoms with E-state index in [2.05, 4.69) is 106 Å². The molecule has 3 aromatic heterocycles. The van der Waals surface area contributed by atoms with Crippen LogP contribution in [0.4, 0.5) is 5.82 Å². The fraction of sp³-hybridized carbons (Fsp3) is 0.545. The Morgan fingerprint density at radius 2 is 1.12 bits per heavy atom. The average molecular weight is 850 g/mol. The average Bonchev–Trinajstić information content (AvgIpc) is 3.77. The highest BCUT2D eigenvalue weighted by Gasteiger charge is 2.23. The van der Waals surface area contributed by atoms with Crippen LogP contribution in [0, 0.1) is 12.0 Å². The number of nitrogens with two attached hydrogens (primary N) is 3. The molecule has 0 unspecified atom stereocenters. The summed E-state index contributed by atoms with van der Waals surface area (Å²) in [6.07, 6.45) is 1.53. The van der Waals surface area contributed by atoms with Crippen molar-refractivity contribution in [3.63, 3.8) is 0 Å². The molecule has 0 amide bonds. The van der Waals surface area contributed by atoms with Crippen LogP contribution in [0.15, 0.2) is 48.5 Å². The summed E-state index contributed by atoms with van der Waals surface area (Å²) < 4.78 is 5.40. The van der Waals surface area contributed by atoms with Gasteiger partial charge in [0.05, 0.1) is 22.1 Å². The first-order chi connectivity index (χ1) is 26.9. The summed E-state index contributed by atoms with van der Waals surface area (Å²) in [5.74, 6) is 5.40. The van der Waals surface area contributed by atoms with Crippen LogP contribution in [-0.4, -0.2) is 64.4 Å². The Bertz CT molecular complexity index is 1970. The molecule has 0 aliphatic rings. The van der Waals surface area contributed by atoms with Crippen LogP contribution in [0.5, 0.6) is 0 Å². The number of anilines is 1. The second-order valence-electron chi connectivity index (χ2n) is 18.2. The van der Waals surface area contributed by atoms with Gasteiger partial charge in [-0.1, -0.05) is 138 Å². The van der Waals surface area contributed by atoms with Crippen LogP contribution < -0.4 is 22.7 Å². The van der Waals surface area contributed by atoms with Gasteiger partial charge in [-0.05, 0) is 19.2 Å². The van der Waals surface area contributed by atoms with Crippen LogP contribution in [0.2, 0.25) is 0 Å². The second kappa shape index (κ2) is 23.8. The molecule has 3 heterocycles. The Labute approximate surface area is 364 Å². The molecule has 0 bridgehead atoms. The topological polar surface area (TPSA) is 182 Å². The summed E-state index contributed by atoms with van der Waals surface area (Å²) in [6, 6.07) is 15.4. The number of aryl methyl sites for hydroxylation is 3. The van der Waals surface area contributed by atoms with E-state index in [0.717, 1.165) is 39.2 Å². The van der Waals surface area contributed by atoms with E-state index in [1.54, 1.807) is 11.7 Å². The van der Waals surface area contributed by atoms with Gasteiger partial charge in [-0.3, -0.25) is 34.9 Å². The van der Waals surface area contributed by atoms with Gasteiger partial charge >= 0.3 is 0 Å². The molecule has 1 aromatic carbocycles. The Balaban J connectivity index is 0.000000787. The first-order valence-electron chi connectivity index (χ1n) is 19.4. The number of carbonyl (C=O) groups excluding carboxylic acids is 2. The Hall–Kier alpha value is -4.62. The lowest BCUT2D eigenvalue weighted by molar-refractivity contribution is -0.124. The fourth-order valence-corrected chi connectivity index (χ4v) is 5.01. The van der Waals surface area contributed by atoms with E-state index in [4.69, 9.17) is 42.5 Å². The van der Waals surface area contributed by atoms with E-state index >= 15 is 0 Å². The largest absolute Gasteiger partial charge is 0.393 e. The van der Waals surface area contributed by atoms with Crippen LogP contribution >= 0.6 is 24.4 Å². The third-order valence-corrected chi connectivity index (χ3v) is 8.85. The van der Waals surface area contributed by atoms with Crippen molar-refractivity contribution in [1.82, 2.24) is 34.8 Å². The number of ketones is 2. The zero-order valence-electron chi connectivity index (χ0n) is 38.4. The molecule has 0 saturated carbocycles. The van der Waals surface area contributed by atoms with E-state index in [9.17, 15) is 9.59 Å². The van der Waals surface area contributed by atoms with Crippen LogP contribution in [0.3, 0.4) is 0 Å². The number of nitrogens with one attached hydrogen (secondary N) is 1. The number of nitrogen functional groups attached to an aromatic ring is 1. The Kier molecular flexibility index (Phi) is 22.0. The summed E-state index contributed by atoms with van der Waals surface area (Å²) >= 11 is 10.3. The zero-order chi connectivity index (χ0) is 46.1. The number of nitrogens with zero attached hydrogens (tertiary/aromatic N) is 7. The molecule has 59 heavy (non-hydrogen) atoms. The van der Waals surface area contributed by atoms with Crippen molar-refractivity contribution >= 4 is 51.7 Å². The summed E-state index contributed by atoms with van der Waals surface area (Å²) in [7, 11) is 7.35. The molecule has 0 spiro atoms. The van der Waals surface area contributed by atoms with Gasteiger partial charge in [0, 0.05) is 89.9 Å². The predicted octanol–water partition coefficient (Wildman–Crippen LogP) is 7.35. The predicted molar refractivity (Wildman–Crippen MR) is 251 cm³/mol. The number of hydrogen-bond donors (Lipinski definition) is 4. The summed E-state index contributed by atoms with van der Waals surface area (Å²) in [6.45, 7) is 31.1. The number of carbonyl (C=O) groups is 2. The van der Waals surface area contributed by atoms with Crippen molar-refractivity contribution in [3.05, 3.63) is 94.0 Å². The maximum Gasteiger partial charge on any atom is 0.272 e. The van der Waals surface area contributed by atoms with E-state index in [1.165, 1.54) is 0 Å². The zero-order valence-corrected chi connectivity index (χ0v) is 40.1. The first kappa shape index (κ1) is 54.4. The van der Waals surface area contributed by atoms with Gasteiger partial charge in [-0.25, -0.2) is 6.57 Å². The number of hydrogen-bond acceptors (Lipinski definition) is 10. The highest BCUT2D eigenvalue weighted by Crippen LogP contribution is 2.24. The third-order valence-electron chi connectivity index (χ3n) is 8.42. The van der Waals surface area contributed by atoms with Gasteiger partial charge in [-0.2, -0.15) is 15.3 Å². The quantitative estimate of drug-likeness (QED) is 0.0458. The second-order valence-corrected chi connectivity index (χ2v) is 19.3. The monoisotopic (exact) mass is 850 g/mol. The highest BCUT2D eigenvalue weighted by atomic mass is 32.1. The van der Waals surface area contributed by atoms with Crippen molar-refractivity contribution in [2.45, 2.75) is 119 Å². The lowest BCUT2D eigenvalue weighted by Gasteiger charge is -2.13. The molecule has 0 radical (unpaired) electrons. The lowest BCUT2D eigenvalue weighted by Crippen LogP contribution is -2.21. The van der Waals surface area contributed by atoms with Crippen LogP contribution in [-0.2, 0) is 55.0 Å². The van der Waals surface area contributed by atoms with Crippen molar-refractivity contribution < 1.29 is 9.59 Å². The van der Waals surface area contributed by atoms with Gasteiger partial charge in [-0.15, -0.1) is 0 Å². The maximum atomic E-state index is 12.2. The Morgan fingerprint density at radius 1 is 0.729 bits per heavy atom. The number of benzene rings is 1. The standard InChI is InChI=1S/C18H22N2OS.C10H17N3S.C8H15N3.C7H11NO.CH6N2/c1-18(2,3)17-11-14(20(4)19-17)10-15(22)12-16(21)13-8-6-5-7-9-13;1-10(2,3)8-5-7(6-9(11)14)13(4)12-8;1-8(2,3)6-5-7(9)11(4)10-6;1-7(2,3)6(9)5-8-4;1-3-2/h5-9,11H,10,12H2,1-4H3;5H,6H2,1-4H3,(H2,11,14);5H,9H2,1-4H3;5H2,1-3H3;3H,2H2,1H3. The normalized spacial score (nSPS) is 11.2. The molecule has 0 fully saturated rings. The molecule has 15 heteroatoms. The van der Waals surface area contributed by atoms with Crippen LogP contribution in [0.25, 0.3) is 4.85 Å². The molecule has 13 nitrogen and oxygen atoms in total. The van der Waals surface area contributed by atoms with Crippen molar-refractivity contribution in [3.8, 4) is 0 Å². The maximum absolute atomic E-state index is 12.2. The van der Waals surface area contributed by atoms with E-state index in [1.807, 2.05) is 87.7 Å². The Morgan fingerprint density at radius 3 is 1.41 bits per heavy atom. The molecule has 0 aliphatic heterocycles. The van der Waals surface area contributed by atoms with Gasteiger partial charge < -0.3 is 16.3 Å². The SMILES string of the molecule is CNN.Cn1nc(C(C)(C)C)cc1CC(=S)CC(=O)c1ccccc1.Cn1nc(C(C)(C)C)cc1CC(N)=S.Cn1nc(C(C)(C)C)cc1N.[C-]#[N+]CC(=O)C(C)(C)C. The minimum atomic E-state index is -0.343. The number of aromatic nitrogens is 6. The minimum absolute atomic E-state index is 0.0114. The van der Waals surface area contributed by atoms with Crippen molar-refractivity contribution in [2.24, 2.45) is 38.1 Å². The van der Waals surface area contributed by atoms with Gasteiger partial charge in [0.25, 0.3) is 6.54 Å². The summed E-state index contributed by atoms with van der Waals surface area (Å²) in [5.41, 5.74) is 19.2. The van der Waals surface area contributed by atoms with Crippen molar-refractivity contribution in [1.29, 1.82) is 0 Å². The molecule has 4 rings (SSSR count). The van der Waals surface area contributed by atoms with E-state index in [-0.39, 0.29) is 39.8 Å². The van der Waals surface area contributed by atoms with E-state index < -0.39 is 0 Å². The lowest BCUT2D eigenvalue weighted by atomic mass is 9.91. The van der Waals surface area contributed by atoms with Crippen LogP contribution in [0.1, 0.15) is 128 Å². The summed E-state index contributed by atoms with van der Waals surface area (Å²) in [5, 5.41) is 13.3. The molecule has 326 valence electrons. The highest BCUT2D eigenvalue weighted by molar-refractivity contribution is 7.80. The molecular formula is C44H71N11O2S2.